The number of nitrogens with one attached hydrogen (secondary N) is 1. The lowest BCUT2D eigenvalue weighted by Crippen LogP contribution is -2.25. The number of aryl methyl sites for hydroxylation is 1. The van der Waals surface area contributed by atoms with Crippen LogP contribution in [0.5, 0.6) is 0 Å². The maximum Gasteiger partial charge on any atom is 0.0345 e. The van der Waals surface area contributed by atoms with E-state index in [-0.39, 0.29) is 0 Å². The molecule has 0 spiro atoms. The molecule has 0 saturated heterocycles. The lowest BCUT2D eigenvalue weighted by molar-refractivity contribution is 0.361. The van der Waals surface area contributed by atoms with E-state index in [0.29, 0.717) is 6.04 Å². The minimum Gasteiger partial charge on any atom is -0.382 e. The fourth-order valence-corrected chi connectivity index (χ4v) is 2.62. The van der Waals surface area contributed by atoms with Crippen molar-refractivity contribution in [3.8, 4) is 0 Å². The summed E-state index contributed by atoms with van der Waals surface area (Å²) in [5.41, 5.74) is 2.56. The van der Waals surface area contributed by atoms with Crippen molar-refractivity contribution in [3.63, 3.8) is 0 Å². The Bertz CT molecular complexity index is 354. The average molecular weight is 282 g/mol. The van der Waals surface area contributed by atoms with E-state index in [1.54, 1.807) is 0 Å². The molecule has 88 valence electrons. The van der Waals surface area contributed by atoms with E-state index >= 15 is 0 Å². The standard InChI is InChI=1S/C14H20BrN/c1-10-3-5-12(6-4-10)16-13-7-8-14(15)11(2)9-13/h7-10,12,16H,3-6H2,1-2H3. The number of hydrogen-bond acceptors (Lipinski definition) is 1. The quantitative estimate of drug-likeness (QED) is 0.825. The van der Waals surface area contributed by atoms with E-state index in [0.717, 1.165) is 5.92 Å². The van der Waals surface area contributed by atoms with Crippen LogP contribution in [-0.2, 0) is 0 Å². The molecular formula is C14H20BrN. The van der Waals surface area contributed by atoms with Gasteiger partial charge in [-0.15, -0.1) is 0 Å². The topological polar surface area (TPSA) is 12.0 Å². The lowest BCUT2D eigenvalue weighted by Gasteiger charge is -2.27. The van der Waals surface area contributed by atoms with Crippen molar-refractivity contribution in [2.75, 3.05) is 5.32 Å². The summed E-state index contributed by atoms with van der Waals surface area (Å²) >= 11 is 3.53. The molecule has 1 saturated carbocycles. The summed E-state index contributed by atoms with van der Waals surface area (Å²) in [4.78, 5) is 0. The van der Waals surface area contributed by atoms with E-state index in [2.05, 4.69) is 53.3 Å². The van der Waals surface area contributed by atoms with Gasteiger partial charge >= 0.3 is 0 Å². The molecule has 2 heteroatoms. The first-order valence-electron chi connectivity index (χ1n) is 6.18. The van der Waals surface area contributed by atoms with Crippen LogP contribution in [0.15, 0.2) is 22.7 Å². The zero-order valence-electron chi connectivity index (χ0n) is 10.1. The third kappa shape index (κ3) is 3.00. The summed E-state index contributed by atoms with van der Waals surface area (Å²) in [5.74, 6) is 0.921. The van der Waals surface area contributed by atoms with E-state index in [1.807, 2.05) is 0 Å². The van der Waals surface area contributed by atoms with Gasteiger partial charge in [0.15, 0.2) is 0 Å². The van der Waals surface area contributed by atoms with Crippen LogP contribution in [0.2, 0.25) is 0 Å². The molecule has 16 heavy (non-hydrogen) atoms. The summed E-state index contributed by atoms with van der Waals surface area (Å²) in [6.45, 7) is 4.50. The van der Waals surface area contributed by atoms with Gasteiger partial charge in [-0.05, 0) is 62.3 Å². The highest BCUT2D eigenvalue weighted by Crippen LogP contribution is 2.27. The van der Waals surface area contributed by atoms with Crippen molar-refractivity contribution in [1.29, 1.82) is 0 Å². The third-order valence-electron chi connectivity index (χ3n) is 3.54. The monoisotopic (exact) mass is 281 g/mol. The molecule has 1 aliphatic carbocycles. The Kier molecular flexibility index (Phi) is 3.91. The van der Waals surface area contributed by atoms with Gasteiger partial charge in [-0.25, -0.2) is 0 Å². The molecule has 0 aromatic heterocycles. The summed E-state index contributed by atoms with van der Waals surface area (Å²) in [7, 11) is 0. The molecule has 1 nitrogen and oxygen atoms in total. The second-order valence-corrected chi connectivity index (χ2v) is 5.92. The van der Waals surface area contributed by atoms with Gasteiger partial charge in [-0.3, -0.25) is 0 Å². The molecule has 0 atom stereocenters. The molecule has 1 aromatic rings. The van der Waals surface area contributed by atoms with Gasteiger partial charge in [0.2, 0.25) is 0 Å². The predicted molar refractivity (Wildman–Crippen MR) is 73.9 cm³/mol. The smallest absolute Gasteiger partial charge is 0.0345 e. The SMILES string of the molecule is Cc1cc(NC2CCC(C)CC2)ccc1Br. The maximum absolute atomic E-state index is 3.65. The molecule has 0 aliphatic heterocycles. The maximum atomic E-state index is 3.65. The molecule has 1 fully saturated rings. The zero-order chi connectivity index (χ0) is 11.5. The van der Waals surface area contributed by atoms with Crippen LogP contribution in [0.4, 0.5) is 5.69 Å². The van der Waals surface area contributed by atoms with Crippen molar-refractivity contribution in [1.82, 2.24) is 0 Å². The van der Waals surface area contributed by atoms with Gasteiger partial charge < -0.3 is 5.32 Å². The Labute approximate surface area is 107 Å². The Morgan fingerprint density at radius 1 is 1.19 bits per heavy atom. The van der Waals surface area contributed by atoms with E-state index < -0.39 is 0 Å². The highest BCUT2D eigenvalue weighted by Gasteiger charge is 2.17. The van der Waals surface area contributed by atoms with Gasteiger partial charge in [0.05, 0.1) is 0 Å². The highest BCUT2D eigenvalue weighted by molar-refractivity contribution is 9.10. The van der Waals surface area contributed by atoms with Gasteiger partial charge in [-0.2, -0.15) is 0 Å². The van der Waals surface area contributed by atoms with Crippen LogP contribution < -0.4 is 5.32 Å². The first-order valence-corrected chi connectivity index (χ1v) is 6.97. The van der Waals surface area contributed by atoms with Crippen molar-refractivity contribution < 1.29 is 0 Å². The fourth-order valence-electron chi connectivity index (χ4n) is 2.37. The molecule has 0 heterocycles. The first-order chi connectivity index (χ1) is 7.65. The summed E-state index contributed by atoms with van der Waals surface area (Å²) < 4.78 is 1.19. The van der Waals surface area contributed by atoms with Gasteiger partial charge in [0, 0.05) is 16.2 Å². The molecule has 1 N–H and O–H groups in total. The molecule has 0 amide bonds. The van der Waals surface area contributed by atoms with Crippen molar-refractivity contribution in [2.45, 2.75) is 45.6 Å². The number of anilines is 1. The molecule has 2 rings (SSSR count). The minimum absolute atomic E-state index is 0.678. The number of hydrogen-bond donors (Lipinski definition) is 1. The Morgan fingerprint density at radius 3 is 2.50 bits per heavy atom. The number of benzene rings is 1. The van der Waals surface area contributed by atoms with E-state index in [9.17, 15) is 0 Å². The Balaban J connectivity index is 1.96. The third-order valence-corrected chi connectivity index (χ3v) is 4.43. The number of rotatable bonds is 2. The van der Waals surface area contributed by atoms with E-state index in [4.69, 9.17) is 0 Å². The Hall–Kier alpha value is -0.500. The van der Waals surface area contributed by atoms with Gasteiger partial charge in [0.25, 0.3) is 0 Å². The lowest BCUT2D eigenvalue weighted by atomic mass is 9.87. The molecular weight excluding hydrogens is 262 g/mol. The van der Waals surface area contributed by atoms with Gasteiger partial charge in [-0.1, -0.05) is 22.9 Å². The molecule has 1 aliphatic rings. The van der Waals surface area contributed by atoms with Crippen LogP contribution in [0.3, 0.4) is 0 Å². The molecule has 1 aromatic carbocycles. The predicted octanol–water partition coefficient (Wildman–Crippen LogP) is 4.75. The van der Waals surface area contributed by atoms with Crippen LogP contribution in [-0.4, -0.2) is 6.04 Å². The molecule has 0 radical (unpaired) electrons. The van der Waals surface area contributed by atoms with Crippen LogP contribution in [0.25, 0.3) is 0 Å². The highest BCUT2D eigenvalue weighted by atomic mass is 79.9. The van der Waals surface area contributed by atoms with Crippen LogP contribution in [0, 0.1) is 12.8 Å². The van der Waals surface area contributed by atoms with E-state index in [1.165, 1.54) is 41.4 Å². The van der Waals surface area contributed by atoms with Gasteiger partial charge in [0.1, 0.15) is 0 Å². The fraction of sp³-hybridized carbons (Fsp3) is 0.571. The van der Waals surface area contributed by atoms with Crippen molar-refractivity contribution >= 4 is 21.6 Å². The normalized spacial score (nSPS) is 25.4. The zero-order valence-corrected chi connectivity index (χ0v) is 11.7. The van der Waals surface area contributed by atoms with Crippen LogP contribution in [0.1, 0.15) is 38.2 Å². The summed E-state index contributed by atoms with van der Waals surface area (Å²) in [6.07, 6.45) is 5.37. The average Bonchev–Trinajstić information content (AvgIpc) is 2.27. The van der Waals surface area contributed by atoms with Crippen LogP contribution >= 0.6 is 15.9 Å². The summed E-state index contributed by atoms with van der Waals surface area (Å²) in [5, 5.41) is 3.65. The Morgan fingerprint density at radius 2 is 1.88 bits per heavy atom. The van der Waals surface area contributed by atoms with Crippen molar-refractivity contribution in [2.24, 2.45) is 5.92 Å². The summed E-state index contributed by atoms with van der Waals surface area (Å²) in [6, 6.07) is 7.19. The second-order valence-electron chi connectivity index (χ2n) is 5.07. The first kappa shape index (κ1) is 12.0. The molecule has 0 bridgehead atoms. The number of halogens is 1. The van der Waals surface area contributed by atoms with Crippen molar-refractivity contribution in [3.05, 3.63) is 28.2 Å². The molecule has 0 unspecified atom stereocenters. The minimum atomic E-state index is 0.678. The second kappa shape index (κ2) is 5.22. The largest absolute Gasteiger partial charge is 0.382 e.